The largest absolute Gasteiger partial charge is 0.310 e. The van der Waals surface area contributed by atoms with Crippen molar-refractivity contribution in [2.45, 2.75) is 31.3 Å². The number of nitriles is 1. The summed E-state index contributed by atoms with van der Waals surface area (Å²) in [5.41, 5.74) is 3.33. The zero-order valence-electron chi connectivity index (χ0n) is 11.7. The third-order valence-electron chi connectivity index (χ3n) is 4.13. The third kappa shape index (κ3) is 3.34. The SMILES string of the molecule is N#Cc1cccc(CNC2CC(c3ccccc3Br)C2)c1. The van der Waals surface area contributed by atoms with Gasteiger partial charge in [-0.3, -0.25) is 0 Å². The molecule has 2 aromatic carbocycles. The molecule has 0 saturated heterocycles. The molecule has 1 saturated carbocycles. The first-order valence-corrected chi connectivity index (χ1v) is 8.02. The van der Waals surface area contributed by atoms with E-state index >= 15 is 0 Å². The number of rotatable bonds is 4. The van der Waals surface area contributed by atoms with Gasteiger partial charge in [-0.25, -0.2) is 0 Å². The molecule has 2 aromatic rings. The van der Waals surface area contributed by atoms with Crippen molar-refractivity contribution < 1.29 is 0 Å². The molecule has 1 aliphatic carbocycles. The van der Waals surface area contributed by atoms with Crippen molar-refractivity contribution in [1.29, 1.82) is 5.26 Å². The van der Waals surface area contributed by atoms with Crippen molar-refractivity contribution in [1.82, 2.24) is 5.32 Å². The second-order valence-electron chi connectivity index (χ2n) is 5.58. The standard InChI is InChI=1S/C18H17BrN2/c19-18-7-2-1-6-17(18)15-9-16(10-15)21-12-14-5-3-4-13(8-14)11-20/h1-8,15-16,21H,9-10,12H2. The minimum absolute atomic E-state index is 0.577. The lowest BCUT2D eigenvalue weighted by Gasteiger charge is -2.37. The van der Waals surface area contributed by atoms with E-state index in [0.717, 1.165) is 12.1 Å². The van der Waals surface area contributed by atoms with Crippen LogP contribution in [0, 0.1) is 11.3 Å². The first-order valence-electron chi connectivity index (χ1n) is 7.23. The molecule has 0 heterocycles. The van der Waals surface area contributed by atoms with Crippen LogP contribution in [0.4, 0.5) is 0 Å². The Morgan fingerprint density at radius 3 is 2.71 bits per heavy atom. The molecule has 0 unspecified atom stereocenters. The van der Waals surface area contributed by atoms with Crippen LogP contribution < -0.4 is 5.32 Å². The Kier molecular flexibility index (Phi) is 4.38. The van der Waals surface area contributed by atoms with Crippen LogP contribution in [0.25, 0.3) is 0 Å². The molecule has 0 bridgehead atoms. The van der Waals surface area contributed by atoms with Crippen LogP contribution in [-0.2, 0) is 6.54 Å². The zero-order chi connectivity index (χ0) is 14.7. The molecule has 0 aliphatic heterocycles. The van der Waals surface area contributed by atoms with Crippen molar-refractivity contribution in [2.75, 3.05) is 0 Å². The zero-order valence-corrected chi connectivity index (χ0v) is 13.3. The van der Waals surface area contributed by atoms with E-state index in [4.69, 9.17) is 5.26 Å². The molecule has 0 radical (unpaired) electrons. The molecule has 0 spiro atoms. The highest BCUT2D eigenvalue weighted by Crippen LogP contribution is 2.40. The van der Waals surface area contributed by atoms with E-state index in [1.54, 1.807) is 0 Å². The lowest BCUT2D eigenvalue weighted by molar-refractivity contribution is 0.289. The molecule has 2 nitrogen and oxygen atoms in total. The Hall–Kier alpha value is -1.63. The Labute approximate surface area is 133 Å². The Morgan fingerprint density at radius 2 is 1.95 bits per heavy atom. The summed E-state index contributed by atoms with van der Waals surface area (Å²) in [6.07, 6.45) is 2.36. The summed E-state index contributed by atoms with van der Waals surface area (Å²) in [6, 6.07) is 19.1. The van der Waals surface area contributed by atoms with Gasteiger partial charge in [0.1, 0.15) is 0 Å². The highest BCUT2D eigenvalue weighted by atomic mass is 79.9. The molecule has 0 atom stereocenters. The fourth-order valence-electron chi connectivity index (χ4n) is 2.86. The van der Waals surface area contributed by atoms with Gasteiger partial charge in [-0.15, -0.1) is 0 Å². The van der Waals surface area contributed by atoms with Crippen molar-refractivity contribution in [3.05, 3.63) is 69.7 Å². The molecule has 1 fully saturated rings. The van der Waals surface area contributed by atoms with E-state index in [-0.39, 0.29) is 0 Å². The average molecular weight is 341 g/mol. The average Bonchev–Trinajstić information content (AvgIpc) is 2.47. The van der Waals surface area contributed by atoms with Crippen LogP contribution >= 0.6 is 15.9 Å². The van der Waals surface area contributed by atoms with Gasteiger partial charge in [0, 0.05) is 17.1 Å². The maximum absolute atomic E-state index is 8.91. The van der Waals surface area contributed by atoms with Gasteiger partial charge in [0.15, 0.2) is 0 Å². The summed E-state index contributed by atoms with van der Waals surface area (Å²) in [5, 5.41) is 12.5. The Balaban J connectivity index is 1.51. The van der Waals surface area contributed by atoms with Crippen LogP contribution in [0.5, 0.6) is 0 Å². The van der Waals surface area contributed by atoms with Gasteiger partial charge in [-0.1, -0.05) is 46.3 Å². The van der Waals surface area contributed by atoms with E-state index in [1.165, 1.54) is 28.4 Å². The number of hydrogen-bond acceptors (Lipinski definition) is 2. The monoisotopic (exact) mass is 340 g/mol. The number of hydrogen-bond donors (Lipinski definition) is 1. The minimum Gasteiger partial charge on any atom is -0.310 e. The fourth-order valence-corrected chi connectivity index (χ4v) is 3.47. The lowest BCUT2D eigenvalue weighted by Crippen LogP contribution is -2.39. The second kappa shape index (κ2) is 6.43. The van der Waals surface area contributed by atoms with Gasteiger partial charge < -0.3 is 5.32 Å². The van der Waals surface area contributed by atoms with Crippen LogP contribution in [0.2, 0.25) is 0 Å². The van der Waals surface area contributed by atoms with Crippen LogP contribution in [-0.4, -0.2) is 6.04 Å². The number of nitrogens with zero attached hydrogens (tertiary/aromatic N) is 1. The van der Waals surface area contributed by atoms with Crippen molar-refractivity contribution in [2.24, 2.45) is 0 Å². The summed E-state index contributed by atoms with van der Waals surface area (Å²) >= 11 is 3.63. The van der Waals surface area contributed by atoms with Gasteiger partial charge in [0.05, 0.1) is 11.6 Å². The summed E-state index contributed by atoms with van der Waals surface area (Å²) in [6.45, 7) is 0.836. The third-order valence-corrected chi connectivity index (χ3v) is 4.86. The number of nitrogens with one attached hydrogen (secondary N) is 1. The first-order chi connectivity index (χ1) is 10.3. The lowest BCUT2D eigenvalue weighted by atomic mass is 9.76. The molecule has 1 aliphatic rings. The minimum atomic E-state index is 0.577. The van der Waals surface area contributed by atoms with E-state index in [0.29, 0.717) is 12.0 Å². The molecule has 3 rings (SSSR count). The summed E-state index contributed by atoms with van der Waals surface area (Å²) in [5.74, 6) is 0.656. The van der Waals surface area contributed by atoms with Gasteiger partial charge >= 0.3 is 0 Å². The van der Waals surface area contributed by atoms with E-state index in [9.17, 15) is 0 Å². The number of halogens is 1. The summed E-state index contributed by atoms with van der Waals surface area (Å²) in [4.78, 5) is 0. The maximum Gasteiger partial charge on any atom is 0.0991 e. The predicted molar refractivity (Wildman–Crippen MR) is 87.9 cm³/mol. The Bertz CT molecular complexity index is 669. The van der Waals surface area contributed by atoms with Gasteiger partial charge in [-0.05, 0) is 48.1 Å². The van der Waals surface area contributed by atoms with E-state index < -0.39 is 0 Å². The van der Waals surface area contributed by atoms with Crippen LogP contribution in [0.3, 0.4) is 0 Å². The highest BCUT2D eigenvalue weighted by molar-refractivity contribution is 9.10. The van der Waals surface area contributed by atoms with Gasteiger partial charge in [0.25, 0.3) is 0 Å². The molecular weight excluding hydrogens is 324 g/mol. The summed E-state index contributed by atoms with van der Waals surface area (Å²) < 4.78 is 1.22. The normalized spacial score (nSPS) is 20.6. The predicted octanol–water partition coefficient (Wildman–Crippen LogP) is 4.36. The van der Waals surface area contributed by atoms with Crippen molar-refractivity contribution in [3.8, 4) is 6.07 Å². The Morgan fingerprint density at radius 1 is 1.14 bits per heavy atom. The molecule has 1 N–H and O–H groups in total. The maximum atomic E-state index is 8.91. The van der Waals surface area contributed by atoms with Crippen molar-refractivity contribution >= 4 is 15.9 Å². The molecule has 0 amide bonds. The van der Waals surface area contributed by atoms with Crippen LogP contribution in [0.15, 0.2) is 53.0 Å². The molecular formula is C18H17BrN2. The smallest absolute Gasteiger partial charge is 0.0991 e. The summed E-state index contributed by atoms with van der Waals surface area (Å²) in [7, 11) is 0. The van der Waals surface area contributed by atoms with Gasteiger partial charge in [-0.2, -0.15) is 5.26 Å². The molecule has 0 aromatic heterocycles. The fraction of sp³-hybridized carbons (Fsp3) is 0.278. The van der Waals surface area contributed by atoms with Crippen LogP contribution in [0.1, 0.15) is 35.4 Å². The van der Waals surface area contributed by atoms with E-state index in [2.05, 4.69) is 57.6 Å². The highest BCUT2D eigenvalue weighted by Gasteiger charge is 2.30. The molecule has 21 heavy (non-hydrogen) atoms. The van der Waals surface area contributed by atoms with Gasteiger partial charge in [0.2, 0.25) is 0 Å². The first kappa shape index (κ1) is 14.3. The quantitative estimate of drug-likeness (QED) is 0.897. The molecule has 3 heteroatoms. The van der Waals surface area contributed by atoms with E-state index in [1.807, 2.05) is 18.2 Å². The number of benzene rings is 2. The van der Waals surface area contributed by atoms with Crippen molar-refractivity contribution in [3.63, 3.8) is 0 Å². The molecule has 106 valence electrons. The topological polar surface area (TPSA) is 35.8 Å². The second-order valence-corrected chi connectivity index (χ2v) is 6.43.